The molecule has 0 radical (unpaired) electrons. The van der Waals surface area contributed by atoms with Crippen LogP contribution in [-0.4, -0.2) is 17.8 Å². The second kappa shape index (κ2) is 7.52. The third-order valence-electron chi connectivity index (χ3n) is 4.44. The predicted octanol–water partition coefficient (Wildman–Crippen LogP) is 4.68. The largest absolute Gasteiger partial charge is 0.457 e. The highest BCUT2D eigenvalue weighted by Gasteiger charge is 2.37. The fourth-order valence-electron chi connectivity index (χ4n) is 2.93. The van der Waals surface area contributed by atoms with Crippen LogP contribution in [0.4, 0.5) is 10.5 Å². The van der Waals surface area contributed by atoms with Crippen LogP contribution in [0, 0.1) is 6.92 Å². The molecule has 6 nitrogen and oxygen atoms in total. The number of benzene rings is 2. The molecule has 1 fully saturated rings. The van der Waals surface area contributed by atoms with Crippen LogP contribution in [0.5, 0.6) is 0 Å². The van der Waals surface area contributed by atoms with Gasteiger partial charge in [0.25, 0.3) is 11.8 Å². The van der Waals surface area contributed by atoms with Gasteiger partial charge >= 0.3 is 6.03 Å². The molecule has 1 aliphatic heterocycles. The molecule has 0 saturated carbocycles. The summed E-state index contributed by atoms with van der Waals surface area (Å²) < 4.78 is 6.71. The number of anilines is 1. The van der Waals surface area contributed by atoms with Gasteiger partial charge in [-0.05, 0) is 49.4 Å². The maximum atomic E-state index is 12.9. The van der Waals surface area contributed by atoms with E-state index in [-0.39, 0.29) is 5.57 Å². The van der Waals surface area contributed by atoms with Gasteiger partial charge in [0, 0.05) is 10.0 Å². The summed E-state index contributed by atoms with van der Waals surface area (Å²) >= 11 is 3.38. The molecule has 7 heteroatoms. The van der Waals surface area contributed by atoms with Gasteiger partial charge in [-0.25, -0.2) is 9.69 Å². The molecule has 1 aromatic heterocycles. The number of halogens is 1. The predicted molar refractivity (Wildman–Crippen MR) is 112 cm³/mol. The lowest BCUT2D eigenvalue weighted by Crippen LogP contribution is -2.54. The number of amides is 4. The number of carbonyl (C=O) groups is 3. The topological polar surface area (TPSA) is 79.6 Å². The highest BCUT2D eigenvalue weighted by atomic mass is 79.9. The average molecular weight is 451 g/mol. The van der Waals surface area contributed by atoms with E-state index in [0.717, 1.165) is 20.5 Å². The van der Waals surface area contributed by atoms with E-state index in [1.807, 2.05) is 31.2 Å². The summed E-state index contributed by atoms with van der Waals surface area (Å²) in [5.74, 6) is -0.534. The van der Waals surface area contributed by atoms with Crippen molar-refractivity contribution in [2.24, 2.45) is 0 Å². The van der Waals surface area contributed by atoms with Crippen molar-refractivity contribution >= 4 is 45.5 Å². The van der Waals surface area contributed by atoms with Crippen LogP contribution in [0.1, 0.15) is 11.3 Å². The van der Waals surface area contributed by atoms with Crippen LogP contribution in [0.3, 0.4) is 0 Å². The third kappa shape index (κ3) is 3.77. The number of nitrogens with zero attached hydrogens (tertiary/aromatic N) is 1. The number of aryl methyl sites for hydroxylation is 1. The summed E-state index contributed by atoms with van der Waals surface area (Å²) in [6.07, 6.45) is 1.34. The van der Waals surface area contributed by atoms with Crippen molar-refractivity contribution < 1.29 is 18.8 Å². The Hall–Kier alpha value is -3.45. The Bertz CT molecular complexity index is 1140. The van der Waals surface area contributed by atoms with Crippen LogP contribution in [0.15, 0.2) is 75.1 Å². The number of carbonyl (C=O) groups excluding carboxylic acids is 3. The number of imide groups is 2. The summed E-state index contributed by atoms with van der Waals surface area (Å²) in [5, 5.41) is 2.20. The molecule has 4 rings (SSSR count). The Labute approximate surface area is 174 Å². The van der Waals surface area contributed by atoms with Crippen molar-refractivity contribution in [3.63, 3.8) is 0 Å². The first-order valence-corrected chi connectivity index (χ1v) is 9.55. The van der Waals surface area contributed by atoms with Crippen LogP contribution >= 0.6 is 15.9 Å². The molecule has 29 heavy (non-hydrogen) atoms. The molecule has 144 valence electrons. The van der Waals surface area contributed by atoms with Crippen LogP contribution in [-0.2, 0) is 9.59 Å². The van der Waals surface area contributed by atoms with Gasteiger partial charge in [-0.3, -0.25) is 14.9 Å². The lowest BCUT2D eigenvalue weighted by molar-refractivity contribution is -0.122. The molecule has 2 heterocycles. The quantitative estimate of drug-likeness (QED) is 0.463. The molecule has 1 aliphatic rings. The fraction of sp³-hybridized carbons (Fsp3) is 0.0455. The van der Waals surface area contributed by atoms with Gasteiger partial charge < -0.3 is 4.42 Å². The highest BCUT2D eigenvalue weighted by molar-refractivity contribution is 9.10. The lowest BCUT2D eigenvalue weighted by atomic mass is 10.1. The summed E-state index contributed by atoms with van der Waals surface area (Å²) in [5.41, 5.74) is 2.05. The van der Waals surface area contributed by atoms with Gasteiger partial charge in [0.15, 0.2) is 0 Å². The first-order chi connectivity index (χ1) is 13.9. The molecule has 0 spiro atoms. The van der Waals surface area contributed by atoms with Gasteiger partial charge in [-0.15, -0.1) is 0 Å². The minimum Gasteiger partial charge on any atom is -0.457 e. The molecule has 2 aromatic carbocycles. The number of hydrogen-bond acceptors (Lipinski definition) is 4. The molecule has 1 saturated heterocycles. The SMILES string of the molecule is Cc1ccc(N2C(=O)NC(=O)C(=Cc3ccc(-c4ccc(Br)cc4)o3)C2=O)cc1. The molecule has 0 atom stereocenters. The Morgan fingerprint density at radius 3 is 2.31 bits per heavy atom. The van der Waals surface area contributed by atoms with Crippen molar-refractivity contribution in [1.82, 2.24) is 5.32 Å². The first kappa shape index (κ1) is 18.9. The average Bonchev–Trinajstić information content (AvgIpc) is 3.16. The van der Waals surface area contributed by atoms with Gasteiger partial charge in [-0.2, -0.15) is 0 Å². The standard InChI is InChI=1S/C22H15BrN2O4/c1-13-2-8-16(9-3-13)25-21(27)18(20(26)24-22(25)28)12-17-10-11-19(29-17)14-4-6-15(23)7-5-14/h2-12H,1H3,(H,24,26,28). The maximum Gasteiger partial charge on any atom is 0.335 e. The summed E-state index contributed by atoms with van der Waals surface area (Å²) in [6.45, 7) is 1.90. The van der Waals surface area contributed by atoms with E-state index < -0.39 is 17.8 Å². The molecule has 0 bridgehead atoms. The summed E-state index contributed by atoms with van der Waals surface area (Å²) in [7, 11) is 0. The zero-order valence-corrected chi connectivity index (χ0v) is 16.9. The van der Waals surface area contributed by atoms with Crippen LogP contribution in [0.2, 0.25) is 0 Å². The van der Waals surface area contributed by atoms with Gasteiger partial charge in [0.1, 0.15) is 17.1 Å². The number of hydrogen-bond donors (Lipinski definition) is 1. The fourth-order valence-corrected chi connectivity index (χ4v) is 3.19. The van der Waals surface area contributed by atoms with E-state index in [1.165, 1.54) is 6.08 Å². The zero-order valence-electron chi connectivity index (χ0n) is 15.3. The maximum absolute atomic E-state index is 12.9. The van der Waals surface area contributed by atoms with E-state index in [0.29, 0.717) is 17.2 Å². The van der Waals surface area contributed by atoms with E-state index in [9.17, 15) is 14.4 Å². The highest BCUT2D eigenvalue weighted by Crippen LogP contribution is 2.27. The molecule has 4 amide bonds. The Morgan fingerprint density at radius 1 is 0.931 bits per heavy atom. The second-order valence-electron chi connectivity index (χ2n) is 6.50. The second-order valence-corrected chi connectivity index (χ2v) is 7.42. The van der Waals surface area contributed by atoms with E-state index in [2.05, 4.69) is 21.2 Å². The first-order valence-electron chi connectivity index (χ1n) is 8.76. The van der Waals surface area contributed by atoms with Crippen molar-refractivity contribution in [3.8, 4) is 11.3 Å². The smallest absolute Gasteiger partial charge is 0.335 e. The number of furan rings is 1. The van der Waals surface area contributed by atoms with Crippen LogP contribution in [0.25, 0.3) is 17.4 Å². The van der Waals surface area contributed by atoms with E-state index >= 15 is 0 Å². The Balaban J connectivity index is 1.66. The summed E-state index contributed by atoms with van der Waals surface area (Å²) in [4.78, 5) is 38.3. The molecule has 1 N–H and O–H groups in total. The van der Waals surface area contributed by atoms with Gasteiger partial charge in [0.2, 0.25) is 0 Å². The Morgan fingerprint density at radius 2 is 1.62 bits per heavy atom. The molecule has 3 aromatic rings. The number of nitrogens with one attached hydrogen (secondary N) is 1. The van der Waals surface area contributed by atoms with E-state index in [1.54, 1.807) is 36.4 Å². The number of rotatable bonds is 3. The lowest BCUT2D eigenvalue weighted by Gasteiger charge is -2.26. The molecular formula is C22H15BrN2O4. The van der Waals surface area contributed by atoms with E-state index in [4.69, 9.17) is 4.42 Å². The third-order valence-corrected chi connectivity index (χ3v) is 4.96. The monoisotopic (exact) mass is 450 g/mol. The number of urea groups is 1. The van der Waals surface area contributed by atoms with Crippen molar-refractivity contribution in [3.05, 3.63) is 82.0 Å². The zero-order chi connectivity index (χ0) is 20.5. The number of barbiturate groups is 1. The van der Waals surface area contributed by atoms with Gasteiger partial charge in [-0.1, -0.05) is 45.8 Å². The minimum atomic E-state index is -0.781. The minimum absolute atomic E-state index is 0.179. The normalized spacial score (nSPS) is 15.7. The molecule has 0 unspecified atom stereocenters. The molecular weight excluding hydrogens is 436 g/mol. The van der Waals surface area contributed by atoms with Crippen molar-refractivity contribution in [2.75, 3.05) is 4.90 Å². The van der Waals surface area contributed by atoms with Crippen molar-refractivity contribution in [1.29, 1.82) is 0 Å². The Kier molecular flexibility index (Phi) is 4.90. The molecule has 0 aliphatic carbocycles. The van der Waals surface area contributed by atoms with Gasteiger partial charge in [0.05, 0.1) is 5.69 Å². The van der Waals surface area contributed by atoms with Crippen LogP contribution < -0.4 is 10.2 Å². The summed E-state index contributed by atoms with van der Waals surface area (Å²) in [6, 6.07) is 17.1. The van der Waals surface area contributed by atoms with Crippen molar-refractivity contribution in [2.45, 2.75) is 6.92 Å².